The average Bonchev–Trinajstić information content (AvgIpc) is 2.43. The molecule has 2 aromatic rings. The molecule has 0 saturated heterocycles. The monoisotopic (exact) mass is 314 g/mol. The van der Waals surface area contributed by atoms with Gasteiger partial charge in [-0.1, -0.05) is 18.2 Å². The molecule has 0 amide bonds. The predicted molar refractivity (Wildman–Crippen MR) is 63.7 cm³/mol. The largest absolute Gasteiger partial charge is 0.290 e. The number of nitrogens with zero attached hydrogens (tertiary/aromatic N) is 2. The van der Waals surface area contributed by atoms with Crippen LogP contribution >= 0.6 is 31.9 Å². The molecule has 4 heteroatoms. The fraction of sp³-hybridized carbons (Fsp3) is 0.100. The van der Waals surface area contributed by atoms with Crippen molar-refractivity contribution in [1.29, 1.82) is 0 Å². The highest BCUT2D eigenvalue weighted by atomic mass is 79.9. The number of halogens is 2. The number of aromatic nitrogens is 2. The van der Waals surface area contributed by atoms with E-state index in [0.29, 0.717) is 0 Å². The first-order valence-electron chi connectivity index (χ1n) is 4.16. The van der Waals surface area contributed by atoms with Crippen LogP contribution in [0.15, 0.2) is 39.5 Å². The van der Waals surface area contributed by atoms with Crippen molar-refractivity contribution in [2.45, 2.75) is 6.92 Å². The number of hydrogen-bond donors (Lipinski definition) is 0. The molecule has 1 aromatic heterocycles. The van der Waals surface area contributed by atoms with Crippen LogP contribution in [0.4, 0.5) is 0 Å². The minimum absolute atomic E-state index is 0.832. The van der Waals surface area contributed by atoms with E-state index in [4.69, 9.17) is 0 Å². The van der Waals surface area contributed by atoms with Gasteiger partial charge in [-0.3, -0.25) is 4.57 Å². The molecule has 0 spiro atoms. The zero-order chi connectivity index (χ0) is 10.1. The highest BCUT2D eigenvalue weighted by Gasteiger charge is 2.10. The van der Waals surface area contributed by atoms with Crippen LogP contribution < -0.4 is 0 Å². The molecule has 0 atom stereocenters. The van der Waals surface area contributed by atoms with Crippen LogP contribution in [0.2, 0.25) is 0 Å². The summed E-state index contributed by atoms with van der Waals surface area (Å²) in [6.45, 7) is 1.97. The van der Waals surface area contributed by atoms with Crippen LogP contribution in [0.3, 0.4) is 0 Å². The predicted octanol–water partition coefficient (Wildman–Crippen LogP) is 3.71. The standard InChI is InChI=1S/C10H8Br2N2/c1-7-13-9(11)10(12)14(7)8-5-3-2-4-6-8/h2-6H,1H3. The highest BCUT2D eigenvalue weighted by Crippen LogP contribution is 2.26. The van der Waals surface area contributed by atoms with E-state index in [2.05, 4.69) is 36.8 Å². The summed E-state index contributed by atoms with van der Waals surface area (Å²) >= 11 is 6.88. The minimum Gasteiger partial charge on any atom is -0.290 e. The second-order valence-electron chi connectivity index (χ2n) is 2.91. The summed E-state index contributed by atoms with van der Waals surface area (Å²) in [5, 5.41) is 0. The van der Waals surface area contributed by atoms with Gasteiger partial charge in [0, 0.05) is 5.69 Å². The Morgan fingerprint density at radius 1 is 1.14 bits per heavy atom. The quantitative estimate of drug-likeness (QED) is 0.784. The zero-order valence-corrected chi connectivity index (χ0v) is 10.7. The Labute approximate surface area is 99.2 Å². The highest BCUT2D eigenvalue weighted by molar-refractivity contribution is 9.13. The number of imidazole rings is 1. The maximum Gasteiger partial charge on any atom is 0.139 e. The number of hydrogen-bond acceptors (Lipinski definition) is 1. The van der Waals surface area contributed by atoms with E-state index in [0.717, 1.165) is 20.7 Å². The second kappa shape index (κ2) is 3.87. The van der Waals surface area contributed by atoms with Gasteiger partial charge >= 0.3 is 0 Å². The molecule has 1 aromatic carbocycles. The first-order valence-corrected chi connectivity index (χ1v) is 5.74. The molecular weight excluding hydrogens is 308 g/mol. The molecule has 2 rings (SSSR count). The molecule has 0 N–H and O–H groups in total. The van der Waals surface area contributed by atoms with Crippen LogP contribution in [-0.4, -0.2) is 9.55 Å². The average molecular weight is 316 g/mol. The van der Waals surface area contributed by atoms with E-state index >= 15 is 0 Å². The smallest absolute Gasteiger partial charge is 0.139 e. The fourth-order valence-electron chi connectivity index (χ4n) is 1.35. The van der Waals surface area contributed by atoms with Gasteiger partial charge in [-0.2, -0.15) is 0 Å². The molecule has 2 nitrogen and oxygen atoms in total. The van der Waals surface area contributed by atoms with Crippen molar-refractivity contribution < 1.29 is 0 Å². The van der Waals surface area contributed by atoms with Crippen LogP contribution in [-0.2, 0) is 0 Å². The van der Waals surface area contributed by atoms with Crippen LogP contribution in [0.25, 0.3) is 5.69 Å². The van der Waals surface area contributed by atoms with Gasteiger partial charge in [0.1, 0.15) is 15.0 Å². The van der Waals surface area contributed by atoms with E-state index in [1.807, 2.05) is 41.8 Å². The number of para-hydroxylation sites is 1. The maximum absolute atomic E-state index is 4.32. The molecule has 0 aliphatic carbocycles. The van der Waals surface area contributed by atoms with Gasteiger partial charge in [-0.15, -0.1) is 0 Å². The summed E-state index contributed by atoms with van der Waals surface area (Å²) in [6.07, 6.45) is 0. The van der Waals surface area contributed by atoms with E-state index < -0.39 is 0 Å². The number of benzene rings is 1. The van der Waals surface area contributed by atoms with Crippen molar-refractivity contribution in [3.05, 3.63) is 45.4 Å². The van der Waals surface area contributed by atoms with Gasteiger partial charge in [0.25, 0.3) is 0 Å². The van der Waals surface area contributed by atoms with Crippen molar-refractivity contribution in [2.24, 2.45) is 0 Å². The summed E-state index contributed by atoms with van der Waals surface area (Å²) in [6, 6.07) is 10.1. The molecule has 0 fully saturated rings. The topological polar surface area (TPSA) is 17.8 Å². The van der Waals surface area contributed by atoms with E-state index in [-0.39, 0.29) is 0 Å². The van der Waals surface area contributed by atoms with Gasteiger partial charge in [0.05, 0.1) is 0 Å². The Morgan fingerprint density at radius 3 is 2.29 bits per heavy atom. The summed E-state index contributed by atoms with van der Waals surface area (Å²) < 4.78 is 3.82. The van der Waals surface area contributed by atoms with Gasteiger partial charge in [-0.05, 0) is 50.9 Å². The van der Waals surface area contributed by atoms with Gasteiger partial charge in [0.2, 0.25) is 0 Å². The third-order valence-corrected chi connectivity index (χ3v) is 3.78. The third-order valence-electron chi connectivity index (χ3n) is 1.96. The summed E-state index contributed by atoms with van der Waals surface area (Å²) in [4.78, 5) is 4.32. The van der Waals surface area contributed by atoms with E-state index in [9.17, 15) is 0 Å². The second-order valence-corrected chi connectivity index (χ2v) is 4.41. The molecule has 0 radical (unpaired) electrons. The molecule has 0 aliphatic heterocycles. The lowest BCUT2D eigenvalue weighted by atomic mass is 10.3. The lowest BCUT2D eigenvalue weighted by Gasteiger charge is -2.05. The molecule has 1 heterocycles. The summed E-state index contributed by atoms with van der Waals surface area (Å²) in [5.41, 5.74) is 1.11. The Morgan fingerprint density at radius 2 is 1.79 bits per heavy atom. The van der Waals surface area contributed by atoms with E-state index in [1.54, 1.807) is 0 Å². The Kier molecular flexibility index (Phi) is 2.74. The lowest BCUT2D eigenvalue weighted by Crippen LogP contribution is -1.96. The van der Waals surface area contributed by atoms with Gasteiger partial charge in [0.15, 0.2) is 0 Å². The Hall–Kier alpha value is -0.610. The fourth-order valence-corrected chi connectivity index (χ4v) is 2.33. The lowest BCUT2D eigenvalue weighted by molar-refractivity contribution is 0.957. The Bertz CT molecular complexity index is 449. The van der Waals surface area contributed by atoms with Crippen molar-refractivity contribution in [3.63, 3.8) is 0 Å². The van der Waals surface area contributed by atoms with Crippen molar-refractivity contribution in [3.8, 4) is 5.69 Å². The maximum atomic E-state index is 4.32. The number of aryl methyl sites for hydroxylation is 1. The first-order chi connectivity index (χ1) is 6.70. The molecule has 72 valence electrons. The Balaban J connectivity index is 2.62. The van der Waals surface area contributed by atoms with Crippen molar-refractivity contribution in [1.82, 2.24) is 9.55 Å². The molecule has 0 bridgehead atoms. The van der Waals surface area contributed by atoms with Gasteiger partial charge in [-0.25, -0.2) is 4.98 Å². The minimum atomic E-state index is 0.832. The molecular formula is C10H8Br2N2. The van der Waals surface area contributed by atoms with Crippen molar-refractivity contribution >= 4 is 31.9 Å². The summed E-state index contributed by atoms with van der Waals surface area (Å²) in [7, 11) is 0. The number of rotatable bonds is 1. The molecule has 0 saturated carbocycles. The summed E-state index contributed by atoms with van der Waals surface area (Å²) in [5.74, 6) is 0.954. The first kappa shape index (κ1) is 9.93. The van der Waals surface area contributed by atoms with Crippen molar-refractivity contribution in [2.75, 3.05) is 0 Å². The molecule has 0 unspecified atom stereocenters. The van der Waals surface area contributed by atoms with E-state index in [1.165, 1.54) is 0 Å². The van der Waals surface area contributed by atoms with Crippen LogP contribution in [0.5, 0.6) is 0 Å². The normalized spacial score (nSPS) is 10.5. The zero-order valence-electron chi connectivity index (χ0n) is 7.54. The third kappa shape index (κ3) is 1.64. The van der Waals surface area contributed by atoms with Gasteiger partial charge < -0.3 is 0 Å². The van der Waals surface area contributed by atoms with Crippen LogP contribution in [0.1, 0.15) is 5.82 Å². The SMILES string of the molecule is Cc1nc(Br)c(Br)n1-c1ccccc1. The molecule has 0 aliphatic rings. The van der Waals surface area contributed by atoms with Crippen LogP contribution in [0, 0.1) is 6.92 Å². The molecule has 14 heavy (non-hydrogen) atoms.